The molecule has 6 nitrogen and oxygen atoms in total. The summed E-state index contributed by atoms with van der Waals surface area (Å²) in [6.45, 7) is 0. The number of fused-ring (bicyclic) bond motifs is 1. The number of carbonyl (C=O) groups excluding carboxylic acids is 1. The second kappa shape index (κ2) is 8.25. The van der Waals surface area contributed by atoms with Gasteiger partial charge in [-0.2, -0.15) is 0 Å². The first-order valence-corrected chi connectivity index (χ1v) is 9.89. The van der Waals surface area contributed by atoms with Crippen molar-refractivity contribution in [1.29, 1.82) is 0 Å². The largest absolute Gasteiger partial charge is 0.323 e. The van der Waals surface area contributed by atoms with Gasteiger partial charge in [0, 0.05) is 32.9 Å². The molecule has 2 amide bonds. The van der Waals surface area contributed by atoms with Crippen LogP contribution in [0.15, 0.2) is 70.1 Å². The van der Waals surface area contributed by atoms with Crippen molar-refractivity contribution in [1.82, 2.24) is 9.97 Å². The molecule has 9 heteroatoms. The maximum Gasteiger partial charge on any atom is 0.323 e. The van der Waals surface area contributed by atoms with E-state index in [4.69, 9.17) is 11.6 Å². The first-order chi connectivity index (χ1) is 14.4. The fraction of sp³-hybridized carbons (Fsp3) is 0. The van der Waals surface area contributed by atoms with Crippen molar-refractivity contribution in [2.45, 2.75) is 0 Å². The van der Waals surface area contributed by atoms with Crippen molar-refractivity contribution < 1.29 is 9.18 Å². The molecule has 0 fully saturated rings. The lowest BCUT2D eigenvalue weighted by molar-refractivity contribution is 0.262. The van der Waals surface area contributed by atoms with Gasteiger partial charge in [-0.25, -0.2) is 14.2 Å². The number of pyridine rings is 2. The van der Waals surface area contributed by atoms with Gasteiger partial charge in [0.1, 0.15) is 11.0 Å². The molecule has 0 unspecified atom stereocenters. The molecular weight excluding hydrogens is 475 g/mol. The number of hydrogen-bond acceptors (Lipinski definition) is 3. The molecule has 0 saturated carbocycles. The zero-order valence-corrected chi connectivity index (χ0v) is 17.5. The second-order valence-electron chi connectivity index (χ2n) is 6.36. The average molecular weight is 488 g/mol. The van der Waals surface area contributed by atoms with Crippen LogP contribution in [0.3, 0.4) is 0 Å². The normalized spacial score (nSPS) is 10.8. The number of anilines is 2. The van der Waals surface area contributed by atoms with E-state index in [9.17, 15) is 14.0 Å². The number of amides is 2. The highest BCUT2D eigenvalue weighted by molar-refractivity contribution is 9.10. The quantitative estimate of drug-likeness (QED) is 0.320. The van der Waals surface area contributed by atoms with Crippen molar-refractivity contribution in [3.8, 4) is 11.1 Å². The van der Waals surface area contributed by atoms with Gasteiger partial charge in [0.25, 0.3) is 5.56 Å². The number of carbonyl (C=O) groups is 1. The Labute approximate surface area is 183 Å². The maximum absolute atomic E-state index is 14.5. The molecule has 0 atom stereocenters. The standard InChI is InChI=1S/C21H13BrClFN4O2/c22-15-8-16(24)18(28-21(30)26-12-4-2-1-3-5-12)7-13(15)14-6-11-10-25-19(23)9-17(11)27-20(14)29/h1-10H,(H,27,29)(H2,26,28,30). The Balaban J connectivity index is 1.70. The summed E-state index contributed by atoms with van der Waals surface area (Å²) in [4.78, 5) is 31.6. The molecule has 0 radical (unpaired) electrons. The van der Waals surface area contributed by atoms with Gasteiger partial charge in [0.15, 0.2) is 0 Å². The number of urea groups is 1. The number of hydrogen-bond donors (Lipinski definition) is 3. The summed E-state index contributed by atoms with van der Waals surface area (Å²) < 4.78 is 14.8. The fourth-order valence-corrected chi connectivity index (χ4v) is 3.62. The fourth-order valence-electron chi connectivity index (χ4n) is 2.93. The lowest BCUT2D eigenvalue weighted by Gasteiger charge is -2.12. The molecule has 0 bridgehead atoms. The Morgan fingerprint density at radius 2 is 1.83 bits per heavy atom. The van der Waals surface area contributed by atoms with E-state index >= 15 is 0 Å². The van der Waals surface area contributed by atoms with Crippen LogP contribution in [0, 0.1) is 5.82 Å². The molecule has 0 saturated heterocycles. The number of nitrogens with zero attached hydrogens (tertiary/aromatic N) is 1. The second-order valence-corrected chi connectivity index (χ2v) is 7.61. The zero-order chi connectivity index (χ0) is 21.3. The molecule has 3 N–H and O–H groups in total. The van der Waals surface area contributed by atoms with E-state index in [1.165, 1.54) is 18.3 Å². The van der Waals surface area contributed by atoms with Gasteiger partial charge in [0.2, 0.25) is 0 Å². The number of nitrogens with one attached hydrogen (secondary N) is 3. The predicted octanol–water partition coefficient (Wildman–Crippen LogP) is 5.79. The summed E-state index contributed by atoms with van der Waals surface area (Å²) in [6, 6.07) is 13.9. The highest BCUT2D eigenvalue weighted by Crippen LogP contribution is 2.32. The first-order valence-electron chi connectivity index (χ1n) is 8.72. The summed E-state index contributed by atoms with van der Waals surface area (Å²) in [5.74, 6) is -0.653. The molecular formula is C21H13BrClFN4O2. The van der Waals surface area contributed by atoms with Crippen molar-refractivity contribution in [3.05, 3.63) is 86.6 Å². The summed E-state index contributed by atoms with van der Waals surface area (Å²) >= 11 is 9.16. The summed E-state index contributed by atoms with van der Waals surface area (Å²) in [6.07, 6.45) is 1.53. The summed E-state index contributed by atoms with van der Waals surface area (Å²) in [5, 5.41) is 6.00. The molecule has 30 heavy (non-hydrogen) atoms. The third-order valence-corrected chi connectivity index (χ3v) is 5.18. The topological polar surface area (TPSA) is 86.9 Å². The van der Waals surface area contributed by atoms with E-state index in [-0.39, 0.29) is 16.4 Å². The van der Waals surface area contributed by atoms with Crippen molar-refractivity contribution in [3.63, 3.8) is 0 Å². The molecule has 0 aliphatic carbocycles. The van der Waals surface area contributed by atoms with E-state index in [1.807, 2.05) is 6.07 Å². The molecule has 0 spiro atoms. The predicted molar refractivity (Wildman–Crippen MR) is 120 cm³/mol. The lowest BCUT2D eigenvalue weighted by Crippen LogP contribution is -2.20. The molecule has 150 valence electrons. The number of aromatic nitrogens is 2. The highest BCUT2D eigenvalue weighted by Gasteiger charge is 2.15. The van der Waals surface area contributed by atoms with Gasteiger partial charge in [-0.15, -0.1) is 0 Å². The van der Waals surface area contributed by atoms with Crippen LogP contribution in [0.5, 0.6) is 0 Å². The van der Waals surface area contributed by atoms with Crippen LogP contribution in [0.25, 0.3) is 22.0 Å². The number of para-hydroxylation sites is 1. The monoisotopic (exact) mass is 486 g/mol. The summed E-state index contributed by atoms with van der Waals surface area (Å²) in [7, 11) is 0. The Hall–Kier alpha value is -3.23. The maximum atomic E-state index is 14.5. The minimum Gasteiger partial charge on any atom is -0.321 e. The minimum atomic E-state index is -0.653. The van der Waals surface area contributed by atoms with Crippen LogP contribution in [-0.2, 0) is 0 Å². The molecule has 4 rings (SSSR count). The van der Waals surface area contributed by atoms with Crippen LogP contribution < -0.4 is 16.2 Å². The van der Waals surface area contributed by atoms with Gasteiger partial charge in [-0.3, -0.25) is 4.79 Å². The molecule has 2 aromatic heterocycles. The third kappa shape index (κ3) is 4.19. The van der Waals surface area contributed by atoms with Crippen molar-refractivity contribution >= 4 is 55.8 Å². The molecule has 0 aliphatic rings. The number of rotatable bonds is 3. The van der Waals surface area contributed by atoms with Crippen LogP contribution in [0.2, 0.25) is 5.15 Å². The Kier molecular flexibility index (Phi) is 5.52. The number of halogens is 3. The van der Waals surface area contributed by atoms with Crippen molar-refractivity contribution in [2.24, 2.45) is 0 Å². The van der Waals surface area contributed by atoms with Crippen LogP contribution in [0.1, 0.15) is 0 Å². The Morgan fingerprint density at radius 3 is 2.60 bits per heavy atom. The van der Waals surface area contributed by atoms with Crippen LogP contribution >= 0.6 is 27.5 Å². The van der Waals surface area contributed by atoms with E-state index in [0.717, 1.165) is 0 Å². The third-order valence-electron chi connectivity index (χ3n) is 4.32. The minimum absolute atomic E-state index is 0.0737. The number of benzene rings is 2. The Bertz CT molecular complexity index is 1330. The Morgan fingerprint density at radius 1 is 1.07 bits per heavy atom. The zero-order valence-electron chi connectivity index (χ0n) is 15.2. The number of H-pyrrole nitrogens is 1. The van der Waals surface area contributed by atoms with E-state index in [2.05, 4.69) is 36.5 Å². The van der Waals surface area contributed by atoms with E-state index in [1.54, 1.807) is 36.4 Å². The van der Waals surface area contributed by atoms with Gasteiger partial charge in [-0.1, -0.05) is 45.7 Å². The average Bonchev–Trinajstić information content (AvgIpc) is 2.70. The molecule has 2 heterocycles. The van der Waals surface area contributed by atoms with E-state index < -0.39 is 17.4 Å². The lowest BCUT2D eigenvalue weighted by atomic mass is 10.0. The SMILES string of the molecule is O=C(Nc1ccccc1)Nc1cc(-c2cc3cnc(Cl)cc3[nH]c2=O)c(Br)cc1F. The highest BCUT2D eigenvalue weighted by atomic mass is 79.9. The molecule has 4 aromatic rings. The van der Waals surface area contributed by atoms with Crippen LogP contribution in [-0.4, -0.2) is 16.0 Å². The summed E-state index contributed by atoms with van der Waals surface area (Å²) in [5.41, 5.74) is 1.31. The first kappa shape index (κ1) is 20.1. The smallest absolute Gasteiger partial charge is 0.321 e. The van der Waals surface area contributed by atoms with Gasteiger partial charge < -0.3 is 15.6 Å². The molecule has 0 aliphatic heterocycles. The van der Waals surface area contributed by atoms with Gasteiger partial charge >= 0.3 is 6.03 Å². The van der Waals surface area contributed by atoms with Crippen LogP contribution in [0.4, 0.5) is 20.6 Å². The van der Waals surface area contributed by atoms with E-state index in [0.29, 0.717) is 26.6 Å². The number of aromatic amines is 1. The molecule has 2 aromatic carbocycles. The van der Waals surface area contributed by atoms with Gasteiger partial charge in [0.05, 0.1) is 11.2 Å². The van der Waals surface area contributed by atoms with Gasteiger partial charge in [-0.05, 0) is 36.4 Å². The van der Waals surface area contributed by atoms with Crippen molar-refractivity contribution in [2.75, 3.05) is 10.6 Å².